The highest BCUT2D eigenvalue weighted by Crippen LogP contribution is 2.61. The number of aromatic nitrogens is 4. The van der Waals surface area contributed by atoms with Crippen LogP contribution in [0.2, 0.25) is 0 Å². The van der Waals surface area contributed by atoms with Gasteiger partial charge in [-0.05, 0) is 6.42 Å². The van der Waals surface area contributed by atoms with Crippen molar-refractivity contribution in [2.75, 3.05) is 18.9 Å². The van der Waals surface area contributed by atoms with Crippen molar-refractivity contribution in [2.45, 2.75) is 55.5 Å². The maximum absolute atomic E-state index is 12.6. The highest BCUT2D eigenvalue weighted by Gasteiger charge is 2.51. The van der Waals surface area contributed by atoms with Crippen molar-refractivity contribution in [2.24, 2.45) is 5.73 Å². The number of amides is 1. The molecule has 0 radical (unpaired) electrons. The van der Waals surface area contributed by atoms with Crippen LogP contribution in [-0.2, 0) is 45.8 Å². The van der Waals surface area contributed by atoms with Gasteiger partial charge in [0.2, 0.25) is 5.91 Å². The van der Waals surface area contributed by atoms with E-state index in [1.54, 1.807) is 0 Å². The first kappa shape index (κ1) is 36.5. The summed E-state index contributed by atoms with van der Waals surface area (Å²) >= 11 is 0. The molecule has 3 aliphatic rings. The molecule has 3 aliphatic heterocycles. The van der Waals surface area contributed by atoms with E-state index < -0.39 is 91.7 Å². The Balaban J connectivity index is 1.20. The van der Waals surface area contributed by atoms with Gasteiger partial charge in [0.1, 0.15) is 48.5 Å². The van der Waals surface area contributed by atoms with Gasteiger partial charge in [-0.1, -0.05) is 6.08 Å². The fraction of sp³-hybridized carbons (Fsp3) is 0.524. The lowest BCUT2D eigenvalue weighted by Crippen LogP contribution is -2.40. The van der Waals surface area contributed by atoms with Crippen LogP contribution in [0.15, 0.2) is 36.7 Å². The maximum atomic E-state index is 12.6. The van der Waals surface area contributed by atoms with Gasteiger partial charge in [-0.3, -0.25) is 22.9 Å². The lowest BCUT2D eigenvalue weighted by Gasteiger charge is -2.28. The fourth-order valence-electron chi connectivity index (χ4n) is 4.93. The van der Waals surface area contributed by atoms with Gasteiger partial charge in [0, 0.05) is 18.0 Å². The Kier molecular flexibility index (Phi) is 10.6. The van der Waals surface area contributed by atoms with Crippen LogP contribution in [0.1, 0.15) is 12.6 Å². The molecule has 27 heteroatoms. The van der Waals surface area contributed by atoms with Crippen LogP contribution in [0.25, 0.3) is 11.2 Å². The number of anilines is 1. The summed E-state index contributed by atoms with van der Waals surface area (Å²) in [6.45, 7) is -2.02. The summed E-state index contributed by atoms with van der Waals surface area (Å²) in [6, 6.07) is 0. The third-order valence-electron chi connectivity index (χ3n) is 7.11. The molecule has 0 saturated carbocycles. The molecule has 0 aliphatic carbocycles. The minimum absolute atomic E-state index is 0.00424. The first-order valence-electron chi connectivity index (χ1n) is 13.5. The average molecular weight is 745 g/mol. The number of hydrogen-bond acceptors (Lipinski definition) is 18. The highest BCUT2D eigenvalue weighted by atomic mass is 31.3. The van der Waals surface area contributed by atoms with E-state index >= 15 is 0 Å². The quantitative estimate of drug-likeness (QED) is 0.0951. The molecule has 0 bridgehead atoms. The minimum Gasteiger partial charge on any atom is -0.387 e. The number of nitrogens with zero attached hydrogens (tertiary/aromatic N) is 5. The minimum atomic E-state index is -5.52. The van der Waals surface area contributed by atoms with Gasteiger partial charge in [-0.25, -0.2) is 28.6 Å². The molecule has 5 rings (SSSR count). The molecule has 10 atom stereocenters. The average Bonchev–Trinajstić information content (AvgIpc) is 3.64. The predicted octanol–water partition coefficient (Wildman–Crippen LogP) is -2.57. The van der Waals surface area contributed by atoms with E-state index in [1.807, 2.05) is 0 Å². The highest BCUT2D eigenvalue weighted by molar-refractivity contribution is 7.61. The van der Waals surface area contributed by atoms with Gasteiger partial charge in [0.15, 0.2) is 23.9 Å². The van der Waals surface area contributed by atoms with Crippen molar-refractivity contribution in [3.8, 4) is 0 Å². The topological polar surface area (TPSA) is 364 Å². The van der Waals surface area contributed by atoms with Gasteiger partial charge in [0.25, 0.3) is 0 Å². The summed E-state index contributed by atoms with van der Waals surface area (Å²) in [4.78, 5) is 63.4. The summed E-state index contributed by atoms with van der Waals surface area (Å²) in [5.41, 5.74) is 11.3. The van der Waals surface area contributed by atoms with Gasteiger partial charge < -0.3 is 60.7 Å². The van der Waals surface area contributed by atoms with Crippen molar-refractivity contribution in [3.63, 3.8) is 0 Å². The summed E-state index contributed by atoms with van der Waals surface area (Å²) in [6.07, 6.45) is -6.47. The Morgan fingerprint density at radius 1 is 0.938 bits per heavy atom. The number of phosphoric acid groups is 3. The van der Waals surface area contributed by atoms with Crippen molar-refractivity contribution in [1.29, 1.82) is 0 Å². The van der Waals surface area contributed by atoms with E-state index in [0.717, 1.165) is 17.2 Å². The number of allylic oxidation sites excluding steroid dienone is 1. The standard InChI is InChI=1S/C21H30N7O17P3/c22-17-12-19(25-7-24-17)28(8-26-12)21-16(44-46(33,34)35)14(30)11(43-21)6-41-48(38,39)45-47(36,37)40-5-10-13(29)15(31)20(42-10)27-3-1-2-9(4-27)18(23)32/h1,3-4,7-8,10-11,13-16,20-21,29-31H,2,5-6H2,(H2,23,32)(H,36,37)(H,38,39)(H2,22,24,25)(H2,33,34,35)/t10-,11+,13-,14-,15+,16+,20-,21+/m1/s1. The summed E-state index contributed by atoms with van der Waals surface area (Å²) in [7, 11) is -16.3. The molecule has 2 unspecified atom stereocenters. The zero-order valence-corrected chi connectivity index (χ0v) is 26.8. The van der Waals surface area contributed by atoms with Crippen LogP contribution >= 0.6 is 23.5 Å². The first-order valence-corrected chi connectivity index (χ1v) is 18.0. The number of carbonyl (C=O) groups excluding carboxylic acids is 1. The van der Waals surface area contributed by atoms with Crippen molar-refractivity contribution >= 4 is 46.4 Å². The number of carbonyl (C=O) groups is 1. The van der Waals surface area contributed by atoms with Gasteiger partial charge in [0.05, 0.1) is 19.5 Å². The van der Waals surface area contributed by atoms with E-state index in [2.05, 4.69) is 23.8 Å². The lowest BCUT2D eigenvalue weighted by molar-refractivity contribution is -0.115. The predicted molar refractivity (Wildman–Crippen MR) is 153 cm³/mol. The molecule has 266 valence electrons. The number of ether oxygens (including phenoxy) is 2. The van der Waals surface area contributed by atoms with Crippen LogP contribution in [0.3, 0.4) is 0 Å². The van der Waals surface area contributed by atoms with E-state index in [4.69, 9.17) is 30.0 Å². The van der Waals surface area contributed by atoms with Crippen molar-refractivity contribution < 1.29 is 80.7 Å². The van der Waals surface area contributed by atoms with Gasteiger partial charge in [-0.2, -0.15) is 4.31 Å². The molecule has 2 saturated heterocycles. The third kappa shape index (κ3) is 8.17. The number of aliphatic hydroxyl groups is 3. The Morgan fingerprint density at radius 2 is 1.56 bits per heavy atom. The van der Waals surface area contributed by atoms with Crippen LogP contribution < -0.4 is 11.5 Å². The fourth-order valence-corrected chi connectivity index (χ4v) is 7.57. The Hall–Kier alpha value is -2.73. The molecular formula is C21H30N7O17P3. The largest absolute Gasteiger partial charge is 0.481 e. The number of aliphatic hydroxyl groups excluding tert-OH is 3. The van der Waals surface area contributed by atoms with Gasteiger partial charge >= 0.3 is 23.5 Å². The number of fused-ring (bicyclic) bond motifs is 1. The third-order valence-corrected chi connectivity index (χ3v) is 10.2. The van der Waals surface area contributed by atoms with E-state index in [0.29, 0.717) is 0 Å². The molecular weight excluding hydrogens is 715 g/mol. The number of imidazole rings is 1. The van der Waals surface area contributed by atoms with Crippen molar-refractivity contribution in [1.82, 2.24) is 24.4 Å². The van der Waals surface area contributed by atoms with E-state index in [9.17, 15) is 53.4 Å². The molecule has 2 fully saturated rings. The molecule has 0 spiro atoms. The molecule has 2 aromatic heterocycles. The molecule has 48 heavy (non-hydrogen) atoms. The second-order valence-corrected chi connectivity index (χ2v) is 14.6. The van der Waals surface area contributed by atoms with Crippen LogP contribution in [0.5, 0.6) is 0 Å². The maximum Gasteiger partial charge on any atom is 0.481 e. The zero-order chi connectivity index (χ0) is 35.2. The zero-order valence-electron chi connectivity index (χ0n) is 24.1. The lowest BCUT2D eigenvalue weighted by atomic mass is 10.1. The molecule has 24 nitrogen and oxygen atoms in total. The molecule has 0 aromatic carbocycles. The molecule has 11 N–H and O–H groups in total. The Labute approximate surface area is 268 Å². The van der Waals surface area contributed by atoms with Crippen LogP contribution in [0.4, 0.5) is 5.82 Å². The smallest absolute Gasteiger partial charge is 0.387 e. The number of nitrogen functional groups attached to an aromatic ring is 1. The number of nitrogens with two attached hydrogens (primary N) is 2. The van der Waals surface area contributed by atoms with E-state index in [1.165, 1.54) is 23.4 Å². The summed E-state index contributed by atoms with van der Waals surface area (Å²) < 4.78 is 67.2. The van der Waals surface area contributed by atoms with Crippen LogP contribution in [0, 0.1) is 0 Å². The molecule has 2 aromatic rings. The molecule has 1 amide bonds. The normalized spacial score (nSPS) is 31.9. The second kappa shape index (κ2) is 13.9. The molecule has 5 heterocycles. The number of hydrogen-bond donors (Lipinski definition) is 9. The number of rotatable bonds is 13. The second-order valence-electron chi connectivity index (χ2n) is 10.4. The van der Waals surface area contributed by atoms with Gasteiger partial charge in [-0.15, -0.1) is 0 Å². The summed E-state index contributed by atoms with van der Waals surface area (Å²) in [5.74, 6) is -0.791. The monoisotopic (exact) mass is 745 g/mol. The van der Waals surface area contributed by atoms with Crippen molar-refractivity contribution in [3.05, 3.63) is 36.7 Å². The summed E-state index contributed by atoms with van der Waals surface area (Å²) in [5, 5.41) is 31.5. The van der Waals surface area contributed by atoms with Crippen LogP contribution in [-0.4, -0.2) is 121 Å². The number of phosphoric ester groups is 3. The number of primary amides is 1. The Bertz CT molecular complexity index is 1740. The SMILES string of the molecule is NC(=O)C1=CN([C@@H]2O[C@H](COP(=O)(O)OP(=O)(O)OC[C@@H]3O[C@H](n4cnc5c(N)ncnc54)[C@@H](OP(=O)(O)O)[C@@H]3O)[C@@H](O)[C@@H]2O)C=CC1. The Morgan fingerprint density at radius 3 is 2.19 bits per heavy atom. The van der Waals surface area contributed by atoms with E-state index in [-0.39, 0.29) is 29.0 Å². The first-order chi connectivity index (χ1) is 22.4.